The molecule has 1 atom stereocenters. The van der Waals surface area contributed by atoms with Crippen LogP contribution < -0.4 is 5.73 Å². The third-order valence-corrected chi connectivity index (χ3v) is 5.70. The number of hydrogen-bond donors (Lipinski definition) is 1. The standard InChI is InChI=1S/C12H29NO6Si/c1-7-17-12(18-8-2,19-9-3)11(13)10-20(14-4,15-5)16-6/h11H,7-10,13H2,1-6H3. The molecule has 0 aromatic rings. The summed E-state index contributed by atoms with van der Waals surface area (Å²) in [5.74, 6) is -1.31. The van der Waals surface area contributed by atoms with Gasteiger partial charge in [-0.05, 0) is 20.8 Å². The maximum atomic E-state index is 6.24. The Labute approximate surface area is 123 Å². The van der Waals surface area contributed by atoms with Crippen molar-refractivity contribution >= 4 is 8.80 Å². The molecule has 122 valence electrons. The van der Waals surface area contributed by atoms with E-state index >= 15 is 0 Å². The summed E-state index contributed by atoms with van der Waals surface area (Å²) in [6, 6.07) is -0.287. The molecule has 20 heavy (non-hydrogen) atoms. The monoisotopic (exact) mass is 311 g/mol. The van der Waals surface area contributed by atoms with Crippen molar-refractivity contribution in [3.8, 4) is 0 Å². The van der Waals surface area contributed by atoms with E-state index in [0.717, 1.165) is 0 Å². The van der Waals surface area contributed by atoms with Gasteiger partial charge in [-0.25, -0.2) is 0 Å². The van der Waals surface area contributed by atoms with Crippen LogP contribution in [0, 0.1) is 0 Å². The Bertz CT molecular complexity index is 227. The first-order valence-electron chi connectivity index (χ1n) is 6.82. The van der Waals surface area contributed by atoms with Crippen LogP contribution >= 0.6 is 0 Å². The Balaban J connectivity index is 5.13. The van der Waals surface area contributed by atoms with Crippen molar-refractivity contribution < 1.29 is 27.5 Å². The summed E-state index contributed by atoms with van der Waals surface area (Å²) in [4.78, 5) is 0. The van der Waals surface area contributed by atoms with E-state index in [1.807, 2.05) is 20.8 Å². The van der Waals surface area contributed by atoms with Crippen molar-refractivity contribution in [2.45, 2.75) is 38.8 Å². The summed E-state index contributed by atoms with van der Waals surface area (Å²) in [5, 5.41) is 0. The van der Waals surface area contributed by atoms with Crippen LogP contribution in [-0.2, 0) is 27.5 Å². The van der Waals surface area contributed by atoms with Gasteiger partial charge in [0.15, 0.2) is 0 Å². The molecular weight excluding hydrogens is 282 g/mol. The Hall–Kier alpha value is -0.0631. The third kappa shape index (κ3) is 5.04. The lowest BCUT2D eigenvalue weighted by molar-refractivity contribution is -0.384. The minimum Gasteiger partial charge on any atom is -0.377 e. The smallest absolute Gasteiger partial charge is 0.377 e. The Morgan fingerprint density at radius 3 is 1.45 bits per heavy atom. The van der Waals surface area contributed by atoms with E-state index in [4.69, 9.17) is 33.2 Å². The van der Waals surface area contributed by atoms with E-state index in [-0.39, 0.29) is 0 Å². The van der Waals surface area contributed by atoms with Crippen molar-refractivity contribution in [1.29, 1.82) is 0 Å². The average Bonchev–Trinajstić information content (AvgIpc) is 2.45. The van der Waals surface area contributed by atoms with E-state index in [9.17, 15) is 0 Å². The maximum absolute atomic E-state index is 6.24. The van der Waals surface area contributed by atoms with Gasteiger partial charge in [-0.3, -0.25) is 0 Å². The van der Waals surface area contributed by atoms with Crippen LogP contribution in [-0.4, -0.2) is 62.0 Å². The predicted octanol–water partition coefficient (Wildman–Crippen LogP) is 0.955. The lowest BCUT2D eigenvalue weighted by Gasteiger charge is -2.39. The van der Waals surface area contributed by atoms with Crippen LogP contribution in [0.3, 0.4) is 0 Å². The van der Waals surface area contributed by atoms with Gasteiger partial charge < -0.3 is 33.2 Å². The van der Waals surface area contributed by atoms with Crippen LogP contribution in [0.4, 0.5) is 0 Å². The summed E-state index contributed by atoms with van der Waals surface area (Å²) >= 11 is 0. The van der Waals surface area contributed by atoms with Crippen LogP contribution in [0.2, 0.25) is 6.04 Å². The van der Waals surface area contributed by atoms with Gasteiger partial charge >= 0.3 is 8.80 Å². The van der Waals surface area contributed by atoms with Crippen molar-refractivity contribution in [2.75, 3.05) is 41.2 Å². The minimum absolute atomic E-state index is 0.316. The van der Waals surface area contributed by atoms with Gasteiger partial charge in [0.25, 0.3) is 5.97 Å². The summed E-state index contributed by atoms with van der Waals surface area (Å²) in [7, 11) is 1.77. The first-order valence-corrected chi connectivity index (χ1v) is 8.75. The first-order chi connectivity index (χ1) is 9.49. The molecule has 0 aliphatic carbocycles. The molecule has 1 unspecified atom stereocenters. The Kier molecular flexibility index (Phi) is 9.77. The van der Waals surface area contributed by atoms with E-state index in [2.05, 4.69) is 0 Å². The number of nitrogens with two attached hydrogens (primary N) is 1. The van der Waals surface area contributed by atoms with Gasteiger partial charge in [-0.2, -0.15) is 0 Å². The Morgan fingerprint density at radius 1 is 0.850 bits per heavy atom. The molecule has 0 rings (SSSR count). The van der Waals surface area contributed by atoms with Crippen LogP contribution in [0.15, 0.2) is 0 Å². The summed E-state index contributed by atoms with van der Waals surface area (Å²) in [6.45, 7) is 6.80. The van der Waals surface area contributed by atoms with E-state index < -0.39 is 20.8 Å². The van der Waals surface area contributed by atoms with Crippen LogP contribution in [0.1, 0.15) is 20.8 Å². The van der Waals surface area contributed by atoms with Crippen LogP contribution in [0.5, 0.6) is 0 Å². The fraction of sp³-hybridized carbons (Fsp3) is 1.00. The highest BCUT2D eigenvalue weighted by Gasteiger charge is 2.49. The zero-order chi connectivity index (χ0) is 15.6. The molecule has 0 fully saturated rings. The fourth-order valence-corrected chi connectivity index (χ4v) is 3.73. The summed E-state index contributed by atoms with van der Waals surface area (Å²) in [5.41, 5.74) is 6.24. The normalized spacial score (nSPS) is 14.6. The SMILES string of the molecule is CCOC(OCC)(OCC)C(N)C[Si](OC)(OC)OC. The number of rotatable bonds is 12. The molecule has 0 saturated carbocycles. The van der Waals surface area contributed by atoms with Crippen LogP contribution in [0.25, 0.3) is 0 Å². The van der Waals surface area contributed by atoms with Gasteiger partial charge in [0, 0.05) is 47.2 Å². The average molecular weight is 311 g/mol. The van der Waals surface area contributed by atoms with Crippen molar-refractivity contribution in [3.05, 3.63) is 0 Å². The quantitative estimate of drug-likeness (QED) is 0.424. The molecule has 2 N–H and O–H groups in total. The molecule has 0 saturated heterocycles. The van der Waals surface area contributed by atoms with Crippen molar-refractivity contribution in [2.24, 2.45) is 5.73 Å². The van der Waals surface area contributed by atoms with Crippen molar-refractivity contribution in [3.63, 3.8) is 0 Å². The highest BCUT2D eigenvalue weighted by molar-refractivity contribution is 6.60. The van der Waals surface area contributed by atoms with E-state index in [1.165, 1.54) is 21.3 Å². The second-order valence-electron chi connectivity index (χ2n) is 4.01. The second-order valence-corrected chi connectivity index (χ2v) is 7.01. The van der Waals surface area contributed by atoms with Gasteiger partial charge in [-0.1, -0.05) is 0 Å². The van der Waals surface area contributed by atoms with Gasteiger partial charge in [0.05, 0.1) is 6.04 Å². The molecular formula is C12H29NO6Si. The Morgan fingerprint density at radius 2 is 1.20 bits per heavy atom. The number of hydrogen-bond acceptors (Lipinski definition) is 7. The largest absolute Gasteiger partial charge is 0.502 e. The molecule has 0 bridgehead atoms. The highest BCUT2D eigenvalue weighted by Crippen LogP contribution is 2.26. The molecule has 0 heterocycles. The first kappa shape index (κ1) is 19.9. The second kappa shape index (κ2) is 9.80. The van der Waals surface area contributed by atoms with E-state index in [1.54, 1.807) is 0 Å². The zero-order valence-corrected chi connectivity index (χ0v) is 14.4. The zero-order valence-electron chi connectivity index (χ0n) is 13.4. The van der Waals surface area contributed by atoms with Crippen molar-refractivity contribution in [1.82, 2.24) is 0 Å². The lowest BCUT2D eigenvalue weighted by atomic mass is 10.3. The molecule has 0 aliphatic rings. The fourth-order valence-electron chi connectivity index (χ4n) is 1.94. The number of ether oxygens (including phenoxy) is 3. The molecule has 0 amide bonds. The molecule has 0 aromatic heterocycles. The highest BCUT2D eigenvalue weighted by atomic mass is 28.4. The van der Waals surface area contributed by atoms with Gasteiger partial charge in [0.2, 0.25) is 0 Å². The topological polar surface area (TPSA) is 81.4 Å². The third-order valence-electron chi connectivity index (χ3n) is 2.89. The lowest BCUT2D eigenvalue weighted by Crippen LogP contribution is -2.59. The molecule has 0 spiro atoms. The molecule has 8 heteroatoms. The molecule has 7 nitrogen and oxygen atoms in total. The molecule has 0 aliphatic heterocycles. The summed E-state index contributed by atoms with van der Waals surface area (Å²) < 4.78 is 33.1. The predicted molar refractivity (Wildman–Crippen MR) is 77.2 cm³/mol. The van der Waals surface area contributed by atoms with Gasteiger partial charge in [-0.15, -0.1) is 0 Å². The maximum Gasteiger partial charge on any atom is 0.502 e. The summed E-state index contributed by atoms with van der Waals surface area (Å²) in [6.07, 6.45) is 0. The molecule has 0 aromatic carbocycles. The molecule has 0 radical (unpaired) electrons. The van der Waals surface area contributed by atoms with E-state index in [0.29, 0.717) is 25.9 Å². The van der Waals surface area contributed by atoms with Gasteiger partial charge in [0.1, 0.15) is 0 Å². The minimum atomic E-state index is -2.84.